The van der Waals surface area contributed by atoms with E-state index in [-0.39, 0.29) is 17.0 Å². The first-order valence-corrected chi connectivity index (χ1v) is 6.85. The van der Waals surface area contributed by atoms with Gasteiger partial charge in [-0.05, 0) is 25.5 Å². The van der Waals surface area contributed by atoms with Crippen LogP contribution in [0.2, 0.25) is 0 Å². The van der Waals surface area contributed by atoms with Crippen molar-refractivity contribution in [2.75, 3.05) is 12.3 Å². The molecule has 0 aliphatic carbocycles. The Labute approximate surface area is 119 Å². The summed E-state index contributed by atoms with van der Waals surface area (Å²) in [5.41, 5.74) is 6.62. The lowest BCUT2D eigenvalue weighted by Gasteiger charge is -2.06. The summed E-state index contributed by atoms with van der Waals surface area (Å²) >= 11 is 1.28. The summed E-state index contributed by atoms with van der Waals surface area (Å²) in [6, 6.07) is 1.77. The van der Waals surface area contributed by atoms with Crippen molar-refractivity contribution in [1.29, 1.82) is 0 Å². The van der Waals surface area contributed by atoms with E-state index in [9.17, 15) is 9.59 Å². The van der Waals surface area contributed by atoms with Gasteiger partial charge in [-0.3, -0.25) is 9.59 Å². The van der Waals surface area contributed by atoms with E-state index in [1.54, 1.807) is 19.9 Å². The van der Waals surface area contributed by atoms with Gasteiger partial charge in [-0.15, -0.1) is 10.2 Å². The van der Waals surface area contributed by atoms with Gasteiger partial charge in [-0.2, -0.15) is 0 Å². The molecule has 0 fully saturated rings. The summed E-state index contributed by atoms with van der Waals surface area (Å²) < 4.78 is 0. The number of H-pyrrole nitrogens is 1. The van der Waals surface area contributed by atoms with Crippen molar-refractivity contribution in [2.45, 2.75) is 20.3 Å². The number of nitrogens with one attached hydrogen (secondary N) is 2. The monoisotopic (exact) mass is 293 g/mol. The summed E-state index contributed by atoms with van der Waals surface area (Å²) in [6.07, 6.45) is 0.531. The molecule has 20 heavy (non-hydrogen) atoms. The van der Waals surface area contributed by atoms with Gasteiger partial charge < -0.3 is 16.0 Å². The lowest BCUT2D eigenvalue weighted by Crippen LogP contribution is -2.32. The Kier molecular flexibility index (Phi) is 4.14. The number of aromatic amines is 1. The number of anilines is 1. The first-order valence-electron chi connectivity index (χ1n) is 6.04. The summed E-state index contributed by atoms with van der Waals surface area (Å²) in [6.45, 7) is 3.89. The maximum absolute atomic E-state index is 12.0. The van der Waals surface area contributed by atoms with E-state index in [2.05, 4.69) is 20.5 Å². The van der Waals surface area contributed by atoms with Crippen molar-refractivity contribution in [3.8, 4) is 0 Å². The van der Waals surface area contributed by atoms with E-state index in [1.165, 1.54) is 11.3 Å². The van der Waals surface area contributed by atoms with Crippen molar-refractivity contribution in [3.63, 3.8) is 0 Å². The van der Waals surface area contributed by atoms with E-state index in [0.29, 0.717) is 23.7 Å². The molecule has 2 heterocycles. The van der Waals surface area contributed by atoms with Gasteiger partial charge in [0.25, 0.3) is 11.5 Å². The number of aromatic nitrogens is 3. The highest BCUT2D eigenvalue weighted by Crippen LogP contribution is 2.10. The van der Waals surface area contributed by atoms with E-state index in [4.69, 9.17) is 5.73 Å². The fourth-order valence-electron chi connectivity index (χ4n) is 1.87. The molecule has 106 valence electrons. The molecule has 0 aliphatic rings. The number of carbonyl (C=O) groups excluding carboxylic acids is 1. The minimum atomic E-state index is -0.388. The standard InChI is InChI=1S/C12H15N5O2S/c1-6-5-7(2)15-11(19)9(6)10(18)14-4-3-8-16-17-12(13)20-8/h5H,3-4H2,1-2H3,(H2,13,17)(H,14,18)(H,15,19). The molecular weight excluding hydrogens is 278 g/mol. The molecule has 0 radical (unpaired) electrons. The van der Waals surface area contributed by atoms with E-state index < -0.39 is 0 Å². The second kappa shape index (κ2) is 5.83. The largest absolute Gasteiger partial charge is 0.374 e. The SMILES string of the molecule is Cc1cc(C)c(C(=O)NCCc2nnc(N)s2)c(=O)[nH]1. The Morgan fingerprint density at radius 1 is 1.45 bits per heavy atom. The summed E-state index contributed by atoms with van der Waals surface area (Å²) in [5, 5.41) is 11.4. The third kappa shape index (κ3) is 3.21. The second-order valence-electron chi connectivity index (χ2n) is 4.38. The average Bonchev–Trinajstić information content (AvgIpc) is 2.73. The van der Waals surface area contributed by atoms with Crippen molar-refractivity contribution >= 4 is 22.4 Å². The minimum absolute atomic E-state index is 0.146. The molecule has 4 N–H and O–H groups in total. The predicted molar refractivity (Wildman–Crippen MR) is 76.9 cm³/mol. The van der Waals surface area contributed by atoms with Crippen LogP contribution in [0.1, 0.15) is 26.6 Å². The predicted octanol–water partition coefficient (Wildman–Crippen LogP) is 0.398. The number of nitrogens with zero attached hydrogens (tertiary/aromatic N) is 2. The lowest BCUT2D eigenvalue weighted by molar-refractivity contribution is 0.0952. The fraction of sp³-hybridized carbons (Fsp3) is 0.333. The Hall–Kier alpha value is -2.22. The molecular formula is C12H15N5O2S. The number of aryl methyl sites for hydroxylation is 2. The van der Waals surface area contributed by atoms with Crippen LogP contribution in [-0.4, -0.2) is 27.6 Å². The van der Waals surface area contributed by atoms with Crippen LogP contribution >= 0.6 is 11.3 Å². The van der Waals surface area contributed by atoms with Crippen molar-refractivity contribution in [1.82, 2.24) is 20.5 Å². The van der Waals surface area contributed by atoms with Gasteiger partial charge in [0.1, 0.15) is 10.6 Å². The molecule has 0 unspecified atom stereocenters. The zero-order chi connectivity index (χ0) is 14.7. The van der Waals surface area contributed by atoms with Gasteiger partial charge in [0.2, 0.25) is 5.13 Å². The van der Waals surface area contributed by atoms with Gasteiger partial charge in [-0.1, -0.05) is 11.3 Å². The van der Waals surface area contributed by atoms with Gasteiger partial charge in [-0.25, -0.2) is 0 Å². The van der Waals surface area contributed by atoms with Crippen LogP contribution in [0, 0.1) is 13.8 Å². The molecule has 0 aliphatic heterocycles. The zero-order valence-corrected chi connectivity index (χ0v) is 12.0. The first kappa shape index (κ1) is 14.2. The van der Waals surface area contributed by atoms with Gasteiger partial charge in [0.15, 0.2) is 0 Å². The molecule has 0 spiro atoms. The van der Waals surface area contributed by atoms with Crippen LogP contribution in [0.3, 0.4) is 0 Å². The third-order valence-electron chi connectivity index (χ3n) is 2.70. The molecule has 0 saturated heterocycles. The molecule has 7 nitrogen and oxygen atoms in total. The maximum atomic E-state index is 12.0. The van der Waals surface area contributed by atoms with Crippen LogP contribution in [0.15, 0.2) is 10.9 Å². The number of pyridine rings is 1. The van der Waals surface area contributed by atoms with Gasteiger partial charge in [0.05, 0.1) is 0 Å². The highest BCUT2D eigenvalue weighted by molar-refractivity contribution is 7.15. The highest BCUT2D eigenvalue weighted by atomic mass is 32.1. The summed E-state index contributed by atoms with van der Waals surface area (Å²) in [7, 11) is 0. The topological polar surface area (TPSA) is 114 Å². The van der Waals surface area contributed by atoms with Crippen molar-refractivity contribution < 1.29 is 4.79 Å². The Bertz CT molecular complexity index is 691. The highest BCUT2D eigenvalue weighted by Gasteiger charge is 2.14. The molecule has 1 amide bonds. The van der Waals surface area contributed by atoms with Crippen LogP contribution < -0.4 is 16.6 Å². The van der Waals surface area contributed by atoms with E-state index in [0.717, 1.165) is 10.7 Å². The van der Waals surface area contributed by atoms with Crippen molar-refractivity contribution in [2.24, 2.45) is 0 Å². The van der Waals surface area contributed by atoms with Gasteiger partial charge in [0, 0.05) is 18.7 Å². The Balaban J connectivity index is 2.00. The maximum Gasteiger partial charge on any atom is 0.261 e. The summed E-state index contributed by atoms with van der Waals surface area (Å²) in [4.78, 5) is 26.4. The number of rotatable bonds is 4. The Morgan fingerprint density at radius 2 is 2.20 bits per heavy atom. The smallest absolute Gasteiger partial charge is 0.261 e. The second-order valence-corrected chi connectivity index (χ2v) is 5.47. The number of carbonyl (C=O) groups is 1. The third-order valence-corrected chi connectivity index (χ3v) is 3.51. The zero-order valence-electron chi connectivity index (χ0n) is 11.2. The van der Waals surface area contributed by atoms with Gasteiger partial charge >= 0.3 is 0 Å². The van der Waals surface area contributed by atoms with E-state index >= 15 is 0 Å². The molecule has 0 atom stereocenters. The van der Waals surface area contributed by atoms with Crippen LogP contribution in [-0.2, 0) is 6.42 Å². The Morgan fingerprint density at radius 3 is 2.80 bits per heavy atom. The lowest BCUT2D eigenvalue weighted by atomic mass is 10.1. The molecule has 8 heteroatoms. The molecule has 2 aromatic rings. The molecule has 2 aromatic heterocycles. The number of hydrogen-bond donors (Lipinski definition) is 3. The average molecular weight is 293 g/mol. The quantitative estimate of drug-likeness (QED) is 0.755. The van der Waals surface area contributed by atoms with Crippen molar-refractivity contribution in [3.05, 3.63) is 38.2 Å². The van der Waals surface area contributed by atoms with E-state index in [1.807, 2.05) is 0 Å². The normalized spacial score (nSPS) is 10.5. The molecule has 0 aromatic carbocycles. The van der Waals surface area contributed by atoms with Crippen LogP contribution in [0.25, 0.3) is 0 Å². The summed E-state index contributed by atoms with van der Waals surface area (Å²) in [5.74, 6) is -0.388. The minimum Gasteiger partial charge on any atom is -0.374 e. The fourth-order valence-corrected chi connectivity index (χ4v) is 2.48. The van der Waals surface area contributed by atoms with Crippen LogP contribution in [0.5, 0.6) is 0 Å². The molecule has 2 rings (SSSR count). The first-order chi connectivity index (χ1) is 9.47. The molecule has 0 bridgehead atoms. The number of hydrogen-bond acceptors (Lipinski definition) is 6. The number of nitrogen functional groups attached to an aromatic ring is 1. The molecule has 0 saturated carbocycles. The number of amides is 1. The number of nitrogens with two attached hydrogens (primary N) is 1. The van der Waals surface area contributed by atoms with Crippen LogP contribution in [0.4, 0.5) is 5.13 Å².